The molecule has 0 aliphatic carbocycles. The average molecular weight is 583 g/mol. The SMILES string of the molecule is C=Cc1c(C=C)c(C)c(=C(/C)CC)/c(=C\C=C(/C)c2ccc(C(C)CC)cc2)c1C.Cc1ccccc1.Cc1ccccc1. The molecule has 0 aliphatic heterocycles. The van der Waals surface area contributed by atoms with E-state index in [0.717, 1.165) is 6.42 Å². The van der Waals surface area contributed by atoms with E-state index < -0.39 is 0 Å². The van der Waals surface area contributed by atoms with E-state index in [4.69, 9.17) is 0 Å². The largest absolute Gasteiger partial charge is 0.0984 e. The predicted octanol–water partition coefficient (Wildman–Crippen LogP) is 11.6. The van der Waals surface area contributed by atoms with Crippen LogP contribution in [0.4, 0.5) is 0 Å². The minimum absolute atomic E-state index is 0.608. The highest BCUT2D eigenvalue weighted by Crippen LogP contribution is 2.22. The average Bonchev–Trinajstić information content (AvgIpc) is 3.05. The summed E-state index contributed by atoms with van der Waals surface area (Å²) in [7, 11) is 0. The van der Waals surface area contributed by atoms with Gasteiger partial charge in [-0.15, -0.1) is 0 Å². The summed E-state index contributed by atoms with van der Waals surface area (Å²) in [6.07, 6.45) is 10.7. The standard InChI is InChI=1S/C30H38.2C7H8/c1-10-20(5)25-15-17-26(18-16-25)22(7)14-19-29-23(8)27(12-3)28(13-4)24(9)30(29)21(6)11-2;2*1-7-5-3-2-4-6-7/h12-20H,3-4,10-11H2,1-2,5-9H3;2*2-6H,1H3/b22-14+,29-19-,30-21+;;. The molecule has 4 aromatic carbocycles. The van der Waals surface area contributed by atoms with Crippen LogP contribution in [0.15, 0.2) is 104 Å². The fourth-order valence-electron chi connectivity index (χ4n) is 5.22. The van der Waals surface area contributed by atoms with E-state index in [1.807, 2.05) is 48.6 Å². The number of hydrogen-bond acceptors (Lipinski definition) is 0. The first-order valence-electron chi connectivity index (χ1n) is 16.0. The second kappa shape index (κ2) is 18.5. The van der Waals surface area contributed by atoms with Crippen LogP contribution < -0.4 is 10.4 Å². The van der Waals surface area contributed by atoms with Crippen LogP contribution in [-0.2, 0) is 0 Å². The van der Waals surface area contributed by atoms with Crippen LogP contribution in [-0.4, -0.2) is 0 Å². The molecule has 44 heavy (non-hydrogen) atoms. The maximum Gasteiger partial charge on any atom is -0.0146 e. The van der Waals surface area contributed by atoms with E-state index in [-0.39, 0.29) is 0 Å². The molecule has 0 radical (unpaired) electrons. The number of rotatable bonds is 7. The Kier molecular flexibility index (Phi) is 15.1. The van der Waals surface area contributed by atoms with Gasteiger partial charge in [0.05, 0.1) is 0 Å². The van der Waals surface area contributed by atoms with E-state index in [1.54, 1.807) is 0 Å². The zero-order valence-corrected chi connectivity index (χ0v) is 28.8. The molecule has 0 amide bonds. The van der Waals surface area contributed by atoms with Gasteiger partial charge in [0.25, 0.3) is 0 Å². The van der Waals surface area contributed by atoms with E-state index in [0.29, 0.717) is 5.92 Å². The maximum absolute atomic E-state index is 4.07. The van der Waals surface area contributed by atoms with Crippen molar-refractivity contribution >= 4 is 29.4 Å². The van der Waals surface area contributed by atoms with Gasteiger partial charge in [0, 0.05) is 0 Å². The molecule has 0 aromatic heterocycles. The monoisotopic (exact) mass is 582 g/mol. The van der Waals surface area contributed by atoms with Crippen molar-refractivity contribution in [1.29, 1.82) is 0 Å². The quantitative estimate of drug-likeness (QED) is 0.203. The lowest BCUT2D eigenvalue weighted by Gasteiger charge is -2.14. The van der Waals surface area contributed by atoms with Crippen molar-refractivity contribution in [3.63, 3.8) is 0 Å². The third-order valence-electron chi connectivity index (χ3n) is 8.44. The molecule has 0 nitrogen and oxygen atoms in total. The Morgan fingerprint density at radius 2 is 1.16 bits per heavy atom. The summed E-state index contributed by atoms with van der Waals surface area (Å²) in [6.45, 7) is 27.9. The van der Waals surface area contributed by atoms with Crippen LogP contribution in [0, 0.1) is 27.7 Å². The first-order chi connectivity index (χ1) is 21.1. The number of aryl methyl sites for hydroxylation is 2. The van der Waals surface area contributed by atoms with Gasteiger partial charge in [-0.1, -0.05) is 160 Å². The van der Waals surface area contributed by atoms with Crippen LogP contribution in [0.25, 0.3) is 29.4 Å². The molecule has 0 fully saturated rings. The molecule has 0 heterocycles. The normalized spacial score (nSPS) is 12.7. The highest BCUT2D eigenvalue weighted by Gasteiger charge is 2.10. The van der Waals surface area contributed by atoms with Gasteiger partial charge in [0.2, 0.25) is 0 Å². The fraction of sp³-hybridized carbons (Fsp3) is 0.273. The molecule has 0 aliphatic rings. The number of allylic oxidation sites excluding steroid dienone is 2. The summed E-state index contributed by atoms with van der Waals surface area (Å²) >= 11 is 0. The van der Waals surface area contributed by atoms with Gasteiger partial charge < -0.3 is 0 Å². The molecular formula is C44H54. The summed E-state index contributed by atoms with van der Waals surface area (Å²) in [6, 6.07) is 29.6. The molecule has 0 N–H and O–H groups in total. The summed E-state index contributed by atoms with van der Waals surface area (Å²) in [5.41, 5.74) is 13.0. The van der Waals surface area contributed by atoms with Gasteiger partial charge in [0.15, 0.2) is 0 Å². The van der Waals surface area contributed by atoms with Gasteiger partial charge in [-0.3, -0.25) is 0 Å². The van der Waals surface area contributed by atoms with Gasteiger partial charge in [-0.25, -0.2) is 0 Å². The Bertz CT molecular complexity index is 1590. The van der Waals surface area contributed by atoms with Crippen molar-refractivity contribution in [1.82, 2.24) is 0 Å². The van der Waals surface area contributed by atoms with Gasteiger partial charge in [-0.2, -0.15) is 0 Å². The lowest BCUT2D eigenvalue weighted by molar-refractivity contribution is 0.733. The van der Waals surface area contributed by atoms with E-state index in [1.165, 1.54) is 72.5 Å². The van der Waals surface area contributed by atoms with Crippen molar-refractivity contribution in [2.75, 3.05) is 0 Å². The minimum atomic E-state index is 0.608. The molecule has 4 aromatic rings. The lowest BCUT2D eigenvalue weighted by Crippen LogP contribution is -2.33. The zero-order chi connectivity index (χ0) is 32.6. The number of hydrogen-bond donors (Lipinski definition) is 0. The van der Waals surface area contributed by atoms with Crippen molar-refractivity contribution in [3.05, 3.63) is 159 Å². The molecule has 1 unspecified atom stereocenters. The first-order valence-corrected chi connectivity index (χ1v) is 16.0. The summed E-state index contributed by atoms with van der Waals surface area (Å²) in [5.74, 6) is 0.608. The van der Waals surface area contributed by atoms with Crippen molar-refractivity contribution in [3.8, 4) is 0 Å². The summed E-state index contributed by atoms with van der Waals surface area (Å²) < 4.78 is 0. The maximum atomic E-state index is 4.07. The van der Waals surface area contributed by atoms with Crippen LogP contribution in [0.2, 0.25) is 0 Å². The summed E-state index contributed by atoms with van der Waals surface area (Å²) in [4.78, 5) is 0. The third kappa shape index (κ3) is 10.2. The topological polar surface area (TPSA) is 0 Å². The lowest BCUT2D eigenvalue weighted by atomic mass is 9.90. The second-order valence-corrected chi connectivity index (χ2v) is 11.7. The first kappa shape index (κ1) is 36.0. The Labute approximate surface area is 268 Å². The molecule has 230 valence electrons. The third-order valence-corrected chi connectivity index (χ3v) is 8.44. The molecule has 4 rings (SSSR count). The Morgan fingerprint density at radius 1 is 0.682 bits per heavy atom. The van der Waals surface area contributed by atoms with Crippen molar-refractivity contribution < 1.29 is 0 Å². The summed E-state index contributed by atoms with van der Waals surface area (Å²) in [5, 5.41) is 2.65. The van der Waals surface area contributed by atoms with Crippen molar-refractivity contribution in [2.45, 2.75) is 81.1 Å². The molecule has 0 bridgehead atoms. The zero-order valence-electron chi connectivity index (χ0n) is 28.8. The van der Waals surface area contributed by atoms with Crippen LogP contribution in [0.1, 0.15) is 97.9 Å². The molecule has 0 spiro atoms. The predicted molar refractivity (Wildman–Crippen MR) is 200 cm³/mol. The van der Waals surface area contributed by atoms with Crippen molar-refractivity contribution in [2.24, 2.45) is 0 Å². The molecular weight excluding hydrogens is 528 g/mol. The molecule has 0 heteroatoms. The highest BCUT2D eigenvalue weighted by atomic mass is 14.1. The molecule has 0 saturated carbocycles. The Morgan fingerprint density at radius 3 is 1.55 bits per heavy atom. The van der Waals surface area contributed by atoms with Gasteiger partial charge in [0.1, 0.15) is 0 Å². The van der Waals surface area contributed by atoms with E-state index in [9.17, 15) is 0 Å². The number of benzene rings is 4. The Balaban J connectivity index is 0.000000389. The van der Waals surface area contributed by atoms with E-state index >= 15 is 0 Å². The van der Waals surface area contributed by atoms with E-state index in [2.05, 4.69) is 136 Å². The van der Waals surface area contributed by atoms with Crippen LogP contribution >= 0.6 is 0 Å². The fourth-order valence-corrected chi connectivity index (χ4v) is 5.22. The molecule has 0 saturated heterocycles. The molecule has 1 atom stereocenters. The minimum Gasteiger partial charge on any atom is -0.0984 e. The van der Waals surface area contributed by atoms with Gasteiger partial charge in [-0.05, 0) is 110 Å². The smallest absolute Gasteiger partial charge is 0.0146 e. The van der Waals surface area contributed by atoms with Crippen LogP contribution in [0.3, 0.4) is 0 Å². The highest BCUT2D eigenvalue weighted by molar-refractivity contribution is 5.74. The Hall–Kier alpha value is -4.16. The second-order valence-electron chi connectivity index (χ2n) is 11.7. The van der Waals surface area contributed by atoms with Gasteiger partial charge >= 0.3 is 0 Å². The van der Waals surface area contributed by atoms with Crippen LogP contribution in [0.5, 0.6) is 0 Å².